The Hall–Kier alpha value is -1.27. The third-order valence-corrected chi connectivity index (χ3v) is 5.59. The molecule has 0 amide bonds. The molecule has 2 saturated heterocycles. The molecule has 5 heteroatoms. The first-order valence-corrected chi connectivity index (χ1v) is 9.29. The molecule has 4 nitrogen and oxygen atoms in total. The third kappa shape index (κ3) is 3.80. The van der Waals surface area contributed by atoms with Gasteiger partial charge in [-0.25, -0.2) is 0 Å². The highest BCUT2D eigenvalue weighted by Gasteiger charge is 2.36. The van der Waals surface area contributed by atoms with Crippen LogP contribution in [0.1, 0.15) is 17.5 Å². The van der Waals surface area contributed by atoms with Gasteiger partial charge >= 0.3 is 0 Å². The first kappa shape index (κ1) is 15.3. The summed E-state index contributed by atoms with van der Waals surface area (Å²) in [5.74, 6) is 0. The van der Waals surface area contributed by atoms with Gasteiger partial charge < -0.3 is 4.74 Å². The van der Waals surface area contributed by atoms with Crippen molar-refractivity contribution >= 4 is 11.3 Å². The van der Waals surface area contributed by atoms with E-state index in [1.165, 1.54) is 25.2 Å². The lowest BCUT2D eigenvalue weighted by Gasteiger charge is -2.37. The molecule has 4 rings (SSSR count). The molecule has 2 atom stereocenters. The second kappa shape index (κ2) is 7.09. The molecule has 2 unspecified atom stereocenters. The number of thiophene rings is 1. The van der Waals surface area contributed by atoms with Crippen LogP contribution in [0.5, 0.6) is 0 Å². The number of fused-ring (bicyclic) bond motifs is 1. The van der Waals surface area contributed by atoms with Gasteiger partial charge in [0.05, 0.1) is 12.7 Å². The second-order valence-electron chi connectivity index (χ2n) is 6.55. The van der Waals surface area contributed by atoms with Crippen LogP contribution in [0, 0.1) is 0 Å². The summed E-state index contributed by atoms with van der Waals surface area (Å²) in [5, 5.41) is 4.43. The van der Waals surface area contributed by atoms with E-state index in [0.717, 1.165) is 25.1 Å². The smallest absolute Gasteiger partial charge is 0.0736 e. The molecule has 0 bridgehead atoms. The molecular weight excluding hydrogens is 306 g/mol. The van der Waals surface area contributed by atoms with Gasteiger partial charge in [0.1, 0.15) is 0 Å². The van der Waals surface area contributed by atoms with Crippen LogP contribution in [0.4, 0.5) is 0 Å². The molecule has 0 spiro atoms. The standard InChI is InChI=1S/C18H23N3OS/c1-2-15(9-19-4-1)13-22-18-8-17-11-20(5-6-21(17)12-18)10-16-3-7-23-14-16/h1-4,7,9,14,17-18H,5-6,8,10-13H2. The van der Waals surface area contributed by atoms with Gasteiger partial charge in [0.25, 0.3) is 0 Å². The zero-order chi connectivity index (χ0) is 15.5. The average Bonchev–Trinajstić information content (AvgIpc) is 3.23. The maximum absolute atomic E-state index is 6.12. The summed E-state index contributed by atoms with van der Waals surface area (Å²) in [4.78, 5) is 9.35. The molecule has 2 fully saturated rings. The van der Waals surface area contributed by atoms with Crippen LogP contribution in [0.15, 0.2) is 41.4 Å². The molecule has 2 aromatic rings. The van der Waals surface area contributed by atoms with Crippen molar-refractivity contribution in [2.45, 2.75) is 31.7 Å². The van der Waals surface area contributed by atoms with Crippen LogP contribution in [-0.2, 0) is 17.9 Å². The highest BCUT2D eigenvalue weighted by atomic mass is 32.1. The van der Waals surface area contributed by atoms with E-state index in [2.05, 4.69) is 37.7 Å². The summed E-state index contributed by atoms with van der Waals surface area (Å²) < 4.78 is 6.12. The van der Waals surface area contributed by atoms with Crippen LogP contribution in [0.3, 0.4) is 0 Å². The summed E-state index contributed by atoms with van der Waals surface area (Å²) in [6.45, 7) is 6.36. The lowest BCUT2D eigenvalue weighted by atomic mass is 10.1. The van der Waals surface area contributed by atoms with Crippen molar-refractivity contribution in [3.8, 4) is 0 Å². The fourth-order valence-electron chi connectivity index (χ4n) is 3.66. The molecule has 2 aliphatic heterocycles. The molecule has 2 aliphatic rings. The van der Waals surface area contributed by atoms with Crippen molar-refractivity contribution in [1.29, 1.82) is 0 Å². The van der Waals surface area contributed by atoms with Crippen molar-refractivity contribution in [2.75, 3.05) is 26.2 Å². The molecule has 2 aromatic heterocycles. The number of nitrogens with zero attached hydrogens (tertiary/aromatic N) is 3. The molecule has 0 saturated carbocycles. The fourth-order valence-corrected chi connectivity index (χ4v) is 4.32. The number of hydrogen-bond acceptors (Lipinski definition) is 5. The SMILES string of the molecule is c1cncc(COC2CC3CN(Cc4ccsc4)CCN3C2)c1. The number of pyridine rings is 1. The van der Waals surface area contributed by atoms with E-state index < -0.39 is 0 Å². The van der Waals surface area contributed by atoms with Gasteiger partial charge in [-0.3, -0.25) is 14.8 Å². The normalized spacial score (nSPS) is 25.6. The van der Waals surface area contributed by atoms with Crippen molar-refractivity contribution in [3.63, 3.8) is 0 Å². The van der Waals surface area contributed by atoms with Crippen LogP contribution in [0.2, 0.25) is 0 Å². The summed E-state index contributed by atoms with van der Waals surface area (Å²) in [6.07, 6.45) is 5.22. The zero-order valence-corrected chi connectivity index (χ0v) is 14.1. The van der Waals surface area contributed by atoms with Crippen LogP contribution < -0.4 is 0 Å². The fraction of sp³-hybridized carbons (Fsp3) is 0.500. The van der Waals surface area contributed by atoms with Crippen LogP contribution in [0.25, 0.3) is 0 Å². The Morgan fingerprint density at radius 1 is 1.22 bits per heavy atom. The minimum absolute atomic E-state index is 0.362. The van der Waals surface area contributed by atoms with Crippen molar-refractivity contribution in [1.82, 2.24) is 14.8 Å². The minimum Gasteiger partial charge on any atom is -0.372 e. The molecule has 0 aliphatic carbocycles. The summed E-state index contributed by atoms with van der Waals surface area (Å²) in [5.41, 5.74) is 2.61. The monoisotopic (exact) mass is 329 g/mol. The van der Waals surface area contributed by atoms with Gasteiger partial charge in [-0.15, -0.1) is 0 Å². The zero-order valence-electron chi connectivity index (χ0n) is 13.3. The van der Waals surface area contributed by atoms with Crippen molar-refractivity contribution < 1.29 is 4.74 Å². The van der Waals surface area contributed by atoms with Crippen molar-refractivity contribution in [2.24, 2.45) is 0 Å². The van der Waals surface area contributed by atoms with Gasteiger partial charge in [-0.2, -0.15) is 11.3 Å². The molecule has 4 heterocycles. The van der Waals surface area contributed by atoms with Crippen LogP contribution in [-0.4, -0.2) is 53.1 Å². The molecule has 122 valence electrons. The number of piperazine rings is 1. The number of ether oxygens (including phenoxy) is 1. The first-order valence-electron chi connectivity index (χ1n) is 8.35. The van der Waals surface area contributed by atoms with Gasteiger partial charge in [0.15, 0.2) is 0 Å². The maximum Gasteiger partial charge on any atom is 0.0736 e. The summed E-state index contributed by atoms with van der Waals surface area (Å²) in [6, 6.07) is 6.95. The third-order valence-electron chi connectivity index (χ3n) is 4.86. The lowest BCUT2D eigenvalue weighted by molar-refractivity contribution is 0.0457. The Morgan fingerprint density at radius 3 is 3.04 bits per heavy atom. The van der Waals surface area contributed by atoms with Crippen molar-refractivity contribution in [3.05, 3.63) is 52.5 Å². The predicted octanol–water partition coefficient (Wildman–Crippen LogP) is 2.62. The molecule has 0 aromatic carbocycles. The second-order valence-corrected chi connectivity index (χ2v) is 7.33. The van der Waals surface area contributed by atoms with Gasteiger partial charge in [-0.05, 0) is 40.4 Å². The Morgan fingerprint density at radius 2 is 2.22 bits per heavy atom. The largest absolute Gasteiger partial charge is 0.372 e. The van der Waals surface area contributed by atoms with Gasteiger partial charge in [0.2, 0.25) is 0 Å². The van der Waals surface area contributed by atoms with E-state index in [0.29, 0.717) is 18.8 Å². The number of rotatable bonds is 5. The molecule has 0 radical (unpaired) electrons. The van der Waals surface area contributed by atoms with Crippen LogP contribution >= 0.6 is 11.3 Å². The topological polar surface area (TPSA) is 28.6 Å². The molecule has 23 heavy (non-hydrogen) atoms. The Kier molecular flexibility index (Phi) is 4.71. The van der Waals surface area contributed by atoms with E-state index in [4.69, 9.17) is 4.74 Å². The molecular formula is C18H23N3OS. The Balaban J connectivity index is 1.27. The Bertz CT molecular complexity index is 604. The summed E-state index contributed by atoms with van der Waals surface area (Å²) in [7, 11) is 0. The lowest BCUT2D eigenvalue weighted by Crippen LogP contribution is -2.49. The van der Waals surface area contributed by atoms with E-state index >= 15 is 0 Å². The highest BCUT2D eigenvalue weighted by Crippen LogP contribution is 2.25. The number of aromatic nitrogens is 1. The van der Waals surface area contributed by atoms with E-state index in [1.807, 2.05) is 12.3 Å². The minimum atomic E-state index is 0.362. The van der Waals surface area contributed by atoms with Gasteiger partial charge in [-0.1, -0.05) is 6.07 Å². The quantitative estimate of drug-likeness (QED) is 0.843. The Labute approximate surface area is 141 Å². The van der Waals surface area contributed by atoms with Gasteiger partial charge in [0, 0.05) is 51.2 Å². The maximum atomic E-state index is 6.12. The summed E-state index contributed by atoms with van der Waals surface area (Å²) >= 11 is 1.79. The first-order chi connectivity index (χ1) is 11.4. The molecule has 0 N–H and O–H groups in total. The van der Waals surface area contributed by atoms with E-state index in [9.17, 15) is 0 Å². The van der Waals surface area contributed by atoms with E-state index in [1.54, 1.807) is 17.5 Å². The van der Waals surface area contributed by atoms with E-state index in [-0.39, 0.29) is 0 Å². The predicted molar refractivity (Wildman–Crippen MR) is 92.4 cm³/mol. The highest BCUT2D eigenvalue weighted by molar-refractivity contribution is 7.07. The number of hydrogen-bond donors (Lipinski definition) is 0. The average molecular weight is 329 g/mol.